The fourth-order valence-electron chi connectivity index (χ4n) is 4.00. The summed E-state index contributed by atoms with van der Waals surface area (Å²) in [5.41, 5.74) is 4.32. The van der Waals surface area contributed by atoms with Crippen LogP contribution in [0.25, 0.3) is 10.2 Å². The number of carbonyl (C=O) groups is 1. The van der Waals surface area contributed by atoms with Gasteiger partial charge >= 0.3 is 0 Å². The minimum atomic E-state index is -3.80. The minimum Gasteiger partial charge on any atom is -0.383 e. The molecule has 2 aromatic heterocycles. The number of benzene rings is 2. The van der Waals surface area contributed by atoms with Crippen LogP contribution in [0.4, 0.5) is 5.13 Å². The van der Waals surface area contributed by atoms with Crippen molar-refractivity contribution in [3.8, 4) is 0 Å². The monoisotopic (exact) mass is 568 g/mol. The molecule has 9 nitrogen and oxygen atoms in total. The van der Waals surface area contributed by atoms with Gasteiger partial charge in [0.1, 0.15) is 0 Å². The summed E-state index contributed by atoms with van der Waals surface area (Å²) in [6.45, 7) is 5.25. The van der Waals surface area contributed by atoms with E-state index in [1.165, 1.54) is 54.1 Å². The highest BCUT2D eigenvalue weighted by Crippen LogP contribution is 2.32. The van der Waals surface area contributed by atoms with E-state index in [-0.39, 0.29) is 43.7 Å². The number of thiazole rings is 1. The zero-order chi connectivity index (χ0) is 28.0. The number of hydrogen-bond acceptors (Lipinski definition) is 8. The van der Waals surface area contributed by atoms with Crippen molar-refractivity contribution in [3.63, 3.8) is 0 Å². The van der Waals surface area contributed by atoms with E-state index in [1.54, 1.807) is 17.3 Å². The molecule has 0 N–H and O–H groups in total. The minimum absolute atomic E-state index is 0.0935. The number of sulfonamides is 1. The molecule has 4 rings (SSSR count). The summed E-state index contributed by atoms with van der Waals surface area (Å²) >= 11 is 1.44. The van der Waals surface area contributed by atoms with E-state index in [1.807, 2.05) is 32.0 Å². The molecule has 0 saturated carbocycles. The molecule has 0 aliphatic rings. The molecule has 0 bridgehead atoms. The van der Waals surface area contributed by atoms with Gasteiger partial charge in [0, 0.05) is 45.3 Å². The van der Waals surface area contributed by atoms with Gasteiger partial charge in [-0.15, -0.1) is 0 Å². The number of methoxy groups -OCH3 is 2. The molecule has 39 heavy (non-hydrogen) atoms. The lowest BCUT2D eigenvalue weighted by Gasteiger charge is -2.22. The third-order valence-corrected chi connectivity index (χ3v) is 9.31. The molecule has 4 aromatic rings. The standard InChI is InChI=1S/C28H32N4O5S2/c1-20-16-25-26(17-21(20)2)38-28(30-25)32(19-22-6-5-11-29-18-22)27(33)23-7-9-24(10-8-23)39(34,35)31(12-14-36-3)13-15-37-4/h5-11,16-18H,12-15,19H2,1-4H3. The predicted molar refractivity (Wildman–Crippen MR) is 153 cm³/mol. The molecule has 0 atom stereocenters. The van der Waals surface area contributed by atoms with Crippen molar-refractivity contribution < 1.29 is 22.7 Å². The average molecular weight is 569 g/mol. The SMILES string of the molecule is COCCN(CCOC)S(=O)(=O)c1ccc(C(=O)N(Cc2cccnc2)c2nc3cc(C)c(C)cc3s2)cc1. The predicted octanol–water partition coefficient (Wildman–Crippen LogP) is 4.44. The Morgan fingerprint density at radius 1 is 0.974 bits per heavy atom. The molecule has 0 saturated heterocycles. The first kappa shape index (κ1) is 28.8. The number of aryl methyl sites for hydroxylation is 2. The van der Waals surface area contributed by atoms with Crippen LogP contribution in [-0.2, 0) is 26.0 Å². The normalized spacial score (nSPS) is 11.8. The van der Waals surface area contributed by atoms with Crippen molar-refractivity contribution in [2.75, 3.05) is 45.4 Å². The average Bonchev–Trinajstić information content (AvgIpc) is 3.34. The largest absolute Gasteiger partial charge is 0.383 e. The van der Waals surface area contributed by atoms with E-state index in [9.17, 15) is 13.2 Å². The van der Waals surface area contributed by atoms with Crippen LogP contribution in [0, 0.1) is 13.8 Å². The van der Waals surface area contributed by atoms with Crippen molar-refractivity contribution in [2.45, 2.75) is 25.3 Å². The second kappa shape index (κ2) is 12.8. The van der Waals surface area contributed by atoms with Gasteiger partial charge < -0.3 is 9.47 Å². The molecule has 11 heteroatoms. The summed E-state index contributed by atoms with van der Waals surface area (Å²) in [7, 11) is -0.764. The lowest BCUT2D eigenvalue weighted by Crippen LogP contribution is -2.36. The zero-order valence-corrected chi connectivity index (χ0v) is 24.1. The number of fused-ring (bicyclic) bond motifs is 1. The Kier molecular flexibility index (Phi) is 9.41. The number of aromatic nitrogens is 2. The van der Waals surface area contributed by atoms with E-state index in [0.29, 0.717) is 10.7 Å². The first-order valence-electron chi connectivity index (χ1n) is 12.4. The van der Waals surface area contributed by atoms with Crippen molar-refractivity contribution >= 4 is 42.6 Å². The van der Waals surface area contributed by atoms with Gasteiger partial charge in [0.2, 0.25) is 10.0 Å². The summed E-state index contributed by atoms with van der Waals surface area (Å²) in [6, 6.07) is 13.8. The van der Waals surface area contributed by atoms with Crippen LogP contribution < -0.4 is 4.90 Å². The van der Waals surface area contributed by atoms with Crippen LogP contribution in [0.5, 0.6) is 0 Å². The summed E-state index contributed by atoms with van der Waals surface area (Å²) in [5, 5.41) is 0.561. The molecule has 0 unspecified atom stereocenters. The highest BCUT2D eigenvalue weighted by Gasteiger charge is 2.26. The quantitative estimate of drug-likeness (QED) is 0.249. The fraction of sp³-hybridized carbons (Fsp3) is 0.321. The molecular weight excluding hydrogens is 536 g/mol. The molecule has 2 heterocycles. The Bertz CT molecular complexity index is 1480. The summed E-state index contributed by atoms with van der Waals surface area (Å²) in [4.78, 5) is 24.5. The van der Waals surface area contributed by atoms with Gasteiger partial charge in [-0.25, -0.2) is 13.4 Å². The molecule has 206 valence electrons. The lowest BCUT2D eigenvalue weighted by atomic mass is 10.1. The number of carbonyl (C=O) groups excluding carboxylic acids is 1. The van der Waals surface area contributed by atoms with Gasteiger partial charge in [-0.1, -0.05) is 17.4 Å². The maximum absolute atomic E-state index is 13.8. The van der Waals surface area contributed by atoms with Crippen LogP contribution in [0.2, 0.25) is 0 Å². The van der Waals surface area contributed by atoms with Crippen molar-refractivity contribution in [3.05, 3.63) is 83.2 Å². The van der Waals surface area contributed by atoms with E-state index < -0.39 is 10.0 Å². The number of amides is 1. The lowest BCUT2D eigenvalue weighted by molar-refractivity contribution is 0.0985. The molecule has 0 aliphatic heterocycles. The third kappa shape index (κ3) is 6.68. The van der Waals surface area contributed by atoms with Crippen LogP contribution in [-0.4, -0.2) is 69.1 Å². The first-order chi connectivity index (χ1) is 18.7. The van der Waals surface area contributed by atoms with Crippen molar-refractivity contribution in [1.29, 1.82) is 0 Å². The second-order valence-corrected chi connectivity index (χ2v) is 12.0. The summed E-state index contributed by atoms with van der Waals surface area (Å²) in [6.07, 6.45) is 3.40. The Balaban J connectivity index is 1.66. The Morgan fingerprint density at radius 3 is 2.26 bits per heavy atom. The first-order valence-corrected chi connectivity index (χ1v) is 14.7. The van der Waals surface area contributed by atoms with Crippen molar-refractivity contribution in [2.24, 2.45) is 0 Å². The Morgan fingerprint density at radius 2 is 1.64 bits per heavy atom. The number of hydrogen-bond donors (Lipinski definition) is 0. The van der Waals surface area contributed by atoms with E-state index >= 15 is 0 Å². The Labute approximate surface area is 233 Å². The highest BCUT2D eigenvalue weighted by atomic mass is 32.2. The van der Waals surface area contributed by atoms with Gasteiger partial charge in [0.05, 0.1) is 34.9 Å². The van der Waals surface area contributed by atoms with Crippen LogP contribution in [0.3, 0.4) is 0 Å². The fourth-order valence-corrected chi connectivity index (χ4v) is 6.45. The molecule has 2 aromatic carbocycles. The van der Waals surface area contributed by atoms with Crippen LogP contribution in [0.1, 0.15) is 27.0 Å². The molecule has 0 fully saturated rings. The molecular formula is C28H32N4O5S2. The van der Waals surface area contributed by atoms with E-state index in [0.717, 1.165) is 26.9 Å². The third-order valence-electron chi connectivity index (χ3n) is 6.36. The second-order valence-electron chi connectivity index (χ2n) is 9.07. The van der Waals surface area contributed by atoms with Crippen LogP contribution in [0.15, 0.2) is 65.8 Å². The zero-order valence-electron chi connectivity index (χ0n) is 22.5. The maximum atomic E-state index is 13.8. The van der Waals surface area contributed by atoms with E-state index in [2.05, 4.69) is 11.1 Å². The van der Waals surface area contributed by atoms with Gasteiger partial charge in [0.15, 0.2) is 5.13 Å². The van der Waals surface area contributed by atoms with Crippen molar-refractivity contribution in [1.82, 2.24) is 14.3 Å². The molecule has 1 amide bonds. The number of rotatable bonds is 12. The number of ether oxygens (including phenoxy) is 2. The highest BCUT2D eigenvalue weighted by molar-refractivity contribution is 7.89. The molecule has 0 aliphatic carbocycles. The summed E-state index contributed by atoms with van der Waals surface area (Å²) < 4.78 is 39.0. The van der Waals surface area contributed by atoms with E-state index in [4.69, 9.17) is 14.5 Å². The maximum Gasteiger partial charge on any atom is 0.260 e. The molecule has 0 spiro atoms. The number of anilines is 1. The summed E-state index contributed by atoms with van der Waals surface area (Å²) in [5.74, 6) is -0.286. The number of pyridine rings is 1. The smallest absolute Gasteiger partial charge is 0.260 e. The Hall–Kier alpha value is -3.22. The topological polar surface area (TPSA) is 102 Å². The van der Waals surface area contributed by atoms with Gasteiger partial charge in [-0.3, -0.25) is 14.7 Å². The van der Waals surface area contributed by atoms with Gasteiger partial charge in [0.25, 0.3) is 5.91 Å². The van der Waals surface area contributed by atoms with Gasteiger partial charge in [-0.05, 0) is 73.0 Å². The van der Waals surface area contributed by atoms with Gasteiger partial charge in [-0.2, -0.15) is 4.31 Å². The van der Waals surface area contributed by atoms with Crippen LogP contribution >= 0.6 is 11.3 Å². The number of nitrogens with zero attached hydrogens (tertiary/aromatic N) is 4. The molecule has 0 radical (unpaired) electrons.